The summed E-state index contributed by atoms with van der Waals surface area (Å²) in [6, 6.07) is 12.0. The molecule has 0 saturated carbocycles. The molecule has 8 nitrogen and oxygen atoms in total. The molecule has 3 amide bonds. The molecule has 9 heteroatoms. The smallest absolute Gasteiger partial charge is 0.291 e. The van der Waals surface area contributed by atoms with Gasteiger partial charge >= 0.3 is 0 Å². The number of nitrogens with one attached hydrogen (secondary N) is 2. The number of thiophene rings is 1. The Labute approximate surface area is 189 Å². The van der Waals surface area contributed by atoms with Crippen LogP contribution in [0, 0.1) is 0 Å². The molecule has 2 aromatic heterocycles. The monoisotopic (exact) mass is 453 g/mol. The van der Waals surface area contributed by atoms with Crippen LogP contribution in [0.25, 0.3) is 0 Å². The van der Waals surface area contributed by atoms with Gasteiger partial charge in [0.2, 0.25) is 5.91 Å². The van der Waals surface area contributed by atoms with Crippen LogP contribution in [0.4, 0.5) is 5.69 Å². The number of benzene rings is 1. The third-order valence-corrected chi connectivity index (χ3v) is 6.05. The summed E-state index contributed by atoms with van der Waals surface area (Å²) in [4.78, 5) is 39.7. The van der Waals surface area contributed by atoms with Gasteiger partial charge in [-0.1, -0.05) is 6.07 Å². The summed E-state index contributed by atoms with van der Waals surface area (Å²) in [5.41, 5.74) is 1.74. The lowest BCUT2D eigenvalue weighted by Crippen LogP contribution is -2.38. The first-order valence-electron chi connectivity index (χ1n) is 10.3. The standard InChI is InChI=1S/C23H23N3O5S/c27-21(24-9-6-22(28)26-10-7-20-16(14-26)8-12-32-20)15-31-18-4-1-3-17(13-18)25-23(29)19-5-2-11-30-19/h1-5,8,11-13H,6-7,9-10,14-15H2,(H,24,27)(H,25,29). The zero-order valence-electron chi connectivity index (χ0n) is 17.3. The Morgan fingerprint density at radius 3 is 2.91 bits per heavy atom. The molecule has 0 saturated heterocycles. The average Bonchev–Trinajstić information content (AvgIpc) is 3.49. The van der Waals surface area contributed by atoms with E-state index in [-0.39, 0.29) is 43.1 Å². The van der Waals surface area contributed by atoms with Gasteiger partial charge in [-0.25, -0.2) is 0 Å². The van der Waals surface area contributed by atoms with E-state index in [0.29, 0.717) is 18.0 Å². The van der Waals surface area contributed by atoms with Gasteiger partial charge in [0.15, 0.2) is 12.4 Å². The lowest BCUT2D eigenvalue weighted by atomic mass is 10.1. The summed E-state index contributed by atoms with van der Waals surface area (Å²) >= 11 is 1.73. The molecule has 0 spiro atoms. The van der Waals surface area contributed by atoms with Crippen molar-refractivity contribution in [1.82, 2.24) is 10.2 Å². The number of amides is 3. The van der Waals surface area contributed by atoms with E-state index in [4.69, 9.17) is 9.15 Å². The molecular formula is C23H23N3O5S. The summed E-state index contributed by atoms with van der Waals surface area (Å²) in [6.45, 7) is 1.43. The highest BCUT2D eigenvalue weighted by Crippen LogP contribution is 2.24. The number of carbonyl (C=O) groups is 3. The van der Waals surface area contributed by atoms with Gasteiger partial charge in [0.25, 0.3) is 11.8 Å². The number of hydrogen-bond acceptors (Lipinski definition) is 6. The van der Waals surface area contributed by atoms with Crippen molar-refractivity contribution >= 4 is 34.7 Å². The third-order valence-electron chi connectivity index (χ3n) is 5.03. The van der Waals surface area contributed by atoms with Crippen LogP contribution in [0.5, 0.6) is 5.75 Å². The van der Waals surface area contributed by atoms with Gasteiger partial charge in [-0.2, -0.15) is 0 Å². The maximum atomic E-state index is 12.4. The van der Waals surface area contributed by atoms with Crippen molar-refractivity contribution in [2.24, 2.45) is 0 Å². The van der Waals surface area contributed by atoms with E-state index in [0.717, 1.165) is 13.0 Å². The molecule has 0 fully saturated rings. The minimum absolute atomic E-state index is 0.0306. The molecule has 1 aliphatic heterocycles. The summed E-state index contributed by atoms with van der Waals surface area (Å²) in [6.07, 6.45) is 2.56. The lowest BCUT2D eigenvalue weighted by molar-refractivity contribution is -0.132. The molecule has 32 heavy (non-hydrogen) atoms. The normalized spacial score (nSPS) is 12.7. The lowest BCUT2D eigenvalue weighted by Gasteiger charge is -2.27. The summed E-state index contributed by atoms with van der Waals surface area (Å²) in [5, 5.41) is 7.47. The van der Waals surface area contributed by atoms with Crippen LogP contribution in [0.3, 0.4) is 0 Å². The Bertz CT molecular complexity index is 1090. The van der Waals surface area contributed by atoms with Crippen LogP contribution in [-0.2, 0) is 22.6 Å². The predicted octanol–water partition coefficient (Wildman–Crippen LogP) is 3.06. The fourth-order valence-corrected chi connectivity index (χ4v) is 4.28. The van der Waals surface area contributed by atoms with E-state index in [1.54, 1.807) is 47.7 Å². The number of anilines is 1. The van der Waals surface area contributed by atoms with Gasteiger partial charge < -0.3 is 24.7 Å². The van der Waals surface area contributed by atoms with E-state index in [2.05, 4.69) is 22.1 Å². The topological polar surface area (TPSA) is 101 Å². The highest BCUT2D eigenvalue weighted by molar-refractivity contribution is 7.10. The van der Waals surface area contributed by atoms with E-state index < -0.39 is 0 Å². The highest BCUT2D eigenvalue weighted by Gasteiger charge is 2.21. The maximum absolute atomic E-state index is 12.4. The third kappa shape index (κ3) is 5.55. The molecule has 0 bridgehead atoms. The van der Waals surface area contributed by atoms with Crippen LogP contribution < -0.4 is 15.4 Å². The van der Waals surface area contributed by atoms with Crippen molar-refractivity contribution < 1.29 is 23.5 Å². The quantitative estimate of drug-likeness (QED) is 0.546. The molecule has 4 rings (SSSR count). The van der Waals surface area contributed by atoms with Crippen LogP contribution in [0.15, 0.2) is 58.5 Å². The van der Waals surface area contributed by atoms with Gasteiger partial charge in [0, 0.05) is 42.7 Å². The number of nitrogens with zero attached hydrogens (tertiary/aromatic N) is 1. The molecule has 3 heterocycles. The minimum atomic E-state index is -0.376. The maximum Gasteiger partial charge on any atom is 0.291 e. The van der Waals surface area contributed by atoms with Crippen molar-refractivity contribution in [1.29, 1.82) is 0 Å². The highest BCUT2D eigenvalue weighted by atomic mass is 32.1. The summed E-state index contributed by atoms with van der Waals surface area (Å²) < 4.78 is 10.6. The molecule has 1 aromatic carbocycles. The van der Waals surface area contributed by atoms with Crippen molar-refractivity contribution in [3.05, 3.63) is 70.3 Å². The fourth-order valence-electron chi connectivity index (χ4n) is 3.39. The summed E-state index contributed by atoms with van der Waals surface area (Å²) in [7, 11) is 0. The van der Waals surface area contributed by atoms with E-state index in [1.165, 1.54) is 16.7 Å². The van der Waals surface area contributed by atoms with Crippen LogP contribution in [-0.4, -0.2) is 42.3 Å². The number of carbonyl (C=O) groups excluding carboxylic acids is 3. The Morgan fingerprint density at radius 1 is 1.16 bits per heavy atom. The second-order valence-electron chi connectivity index (χ2n) is 7.28. The van der Waals surface area contributed by atoms with Crippen molar-refractivity contribution in [2.45, 2.75) is 19.4 Å². The van der Waals surface area contributed by atoms with E-state index in [9.17, 15) is 14.4 Å². The van der Waals surface area contributed by atoms with Crippen LogP contribution in [0.1, 0.15) is 27.4 Å². The Hall–Kier alpha value is -3.59. The van der Waals surface area contributed by atoms with Crippen molar-refractivity contribution in [3.8, 4) is 5.75 Å². The number of furan rings is 1. The molecule has 0 unspecified atom stereocenters. The number of fused-ring (bicyclic) bond motifs is 1. The molecule has 1 aliphatic rings. The number of rotatable bonds is 8. The van der Waals surface area contributed by atoms with Gasteiger partial charge in [-0.05, 0) is 47.7 Å². The van der Waals surface area contributed by atoms with E-state index in [1.807, 2.05) is 4.90 Å². The molecule has 0 atom stereocenters. The zero-order valence-corrected chi connectivity index (χ0v) is 18.2. The first kappa shape index (κ1) is 21.6. The zero-order chi connectivity index (χ0) is 22.3. The minimum Gasteiger partial charge on any atom is -0.484 e. The van der Waals surface area contributed by atoms with Gasteiger partial charge in [0.1, 0.15) is 5.75 Å². The summed E-state index contributed by atoms with van der Waals surface area (Å²) in [5.74, 6) is -0.0259. The van der Waals surface area contributed by atoms with Crippen molar-refractivity contribution in [3.63, 3.8) is 0 Å². The molecular weight excluding hydrogens is 430 g/mol. The van der Waals surface area contributed by atoms with Gasteiger partial charge in [-0.15, -0.1) is 11.3 Å². The molecule has 0 radical (unpaired) electrons. The van der Waals surface area contributed by atoms with E-state index >= 15 is 0 Å². The van der Waals surface area contributed by atoms with Crippen molar-refractivity contribution in [2.75, 3.05) is 25.0 Å². The van der Waals surface area contributed by atoms with Crippen LogP contribution >= 0.6 is 11.3 Å². The number of hydrogen-bond donors (Lipinski definition) is 2. The van der Waals surface area contributed by atoms with Gasteiger partial charge in [-0.3, -0.25) is 14.4 Å². The molecule has 0 aliphatic carbocycles. The average molecular weight is 454 g/mol. The molecule has 3 aromatic rings. The molecule has 2 N–H and O–H groups in total. The Balaban J connectivity index is 1.17. The fraction of sp³-hybridized carbons (Fsp3) is 0.261. The SMILES string of the molecule is O=C(COc1cccc(NC(=O)c2ccco2)c1)NCCC(=O)N1CCc2sccc2C1. The second-order valence-corrected chi connectivity index (χ2v) is 8.28. The first-order valence-corrected chi connectivity index (χ1v) is 11.1. The first-order chi connectivity index (χ1) is 15.6. The predicted molar refractivity (Wildman–Crippen MR) is 120 cm³/mol. The van der Waals surface area contributed by atoms with Gasteiger partial charge in [0.05, 0.1) is 6.26 Å². The number of ether oxygens (including phenoxy) is 1. The Kier molecular flexibility index (Phi) is 6.86. The second kappa shape index (κ2) is 10.1. The van der Waals surface area contributed by atoms with Crippen LogP contribution in [0.2, 0.25) is 0 Å². The Morgan fingerprint density at radius 2 is 2.06 bits per heavy atom. The molecule has 166 valence electrons. The largest absolute Gasteiger partial charge is 0.484 e.